The number of benzene rings is 1. The summed E-state index contributed by atoms with van der Waals surface area (Å²) in [5.41, 5.74) is 0.725. The minimum Gasteiger partial charge on any atom is -0.294 e. The number of carbonyl (C=O) groups excluding carboxylic acids is 1. The molecule has 0 N–H and O–H groups in total. The van der Waals surface area contributed by atoms with Crippen LogP contribution >= 0.6 is 27.5 Å². The van der Waals surface area contributed by atoms with Crippen LogP contribution in [0.2, 0.25) is 5.02 Å². The van der Waals surface area contributed by atoms with Crippen LogP contribution in [0, 0.1) is 0 Å². The third kappa shape index (κ3) is 3.10. The number of unbranched alkanes of at least 4 members (excludes halogenated alkanes) is 1. The van der Waals surface area contributed by atoms with Crippen molar-refractivity contribution in [2.75, 3.05) is 0 Å². The molecule has 0 aliphatic heterocycles. The molecule has 0 aliphatic carbocycles. The number of rotatable bonds is 4. The van der Waals surface area contributed by atoms with E-state index in [0.717, 1.165) is 22.9 Å². The molecular weight excluding hydrogens is 263 g/mol. The van der Waals surface area contributed by atoms with Gasteiger partial charge < -0.3 is 0 Å². The van der Waals surface area contributed by atoms with Crippen LogP contribution in [0.1, 0.15) is 36.5 Å². The molecule has 0 radical (unpaired) electrons. The normalized spacial score (nSPS) is 10.2. The monoisotopic (exact) mass is 274 g/mol. The van der Waals surface area contributed by atoms with Crippen LogP contribution in [0.15, 0.2) is 22.7 Å². The number of carbonyl (C=O) groups is 1. The highest BCUT2D eigenvalue weighted by Gasteiger charge is 2.09. The Morgan fingerprint density at radius 2 is 2.21 bits per heavy atom. The van der Waals surface area contributed by atoms with Gasteiger partial charge in [-0.05, 0) is 40.5 Å². The van der Waals surface area contributed by atoms with Crippen molar-refractivity contribution >= 4 is 33.3 Å². The molecule has 0 saturated carbocycles. The molecule has 1 nitrogen and oxygen atoms in total. The van der Waals surface area contributed by atoms with Gasteiger partial charge in [-0.3, -0.25) is 4.79 Å². The largest absolute Gasteiger partial charge is 0.294 e. The van der Waals surface area contributed by atoms with Crippen molar-refractivity contribution in [3.63, 3.8) is 0 Å². The zero-order valence-electron chi connectivity index (χ0n) is 8.02. The molecule has 14 heavy (non-hydrogen) atoms. The van der Waals surface area contributed by atoms with E-state index in [0.29, 0.717) is 11.4 Å². The van der Waals surface area contributed by atoms with E-state index >= 15 is 0 Å². The van der Waals surface area contributed by atoms with E-state index in [2.05, 4.69) is 22.9 Å². The summed E-state index contributed by atoms with van der Waals surface area (Å²) in [6.07, 6.45) is 2.58. The van der Waals surface area contributed by atoms with Gasteiger partial charge in [0.05, 0.1) is 0 Å². The highest BCUT2D eigenvalue weighted by atomic mass is 79.9. The van der Waals surface area contributed by atoms with E-state index in [1.54, 1.807) is 18.2 Å². The van der Waals surface area contributed by atoms with Gasteiger partial charge in [-0.2, -0.15) is 0 Å². The Balaban J connectivity index is 2.80. The van der Waals surface area contributed by atoms with E-state index in [1.807, 2.05) is 0 Å². The fraction of sp³-hybridized carbons (Fsp3) is 0.364. The van der Waals surface area contributed by atoms with Crippen molar-refractivity contribution in [1.29, 1.82) is 0 Å². The van der Waals surface area contributed by atoms with Gasteiger partial charge in [0, 0.05) is 21.5 Å². The van der Waals surface area contributed by atoms with E-state index in [4.69, 9.17) is 11.6 Å². The summed E-state index contributed by atoms with van der Waals surface area (Å²) in [4.78, 5) is 11.7. The van der Waals surface area contributed by atoms with E-state index in [1.165, 1.54) is 0 Å². The van der Waals surface area contributed by atoms with Crippen LogP contribution in [0.4, 0.5) is 0 Å². The maximum atomic E-state index is 11.7. The first kappa shape index (κ1) is 11.7. The fourth-order valence-electron chi connectivity index (χ4n) is 1.19. The predicted octanol–water partition coefficient (Wildman–Crippen LogP) is 4.48. The molecule has 1 aromatic rings. The Kier molecular flexibility index (Phi) is 4.63. The molecule has 0 fully saturated rings. The molecule has 0 aromatic heterocycles. The number of halogens is 2. The Labute approximate surface area is 97.6 Å². The SMILES string of the molecule is CCCCC(=O)c1ccc(Cl)cc1Br. The second-order valence-corrected chi connectivity index (χ2v) is 4.44. The molecule has 0 aliphatic rings. The highest BCUT2D eigenvalue weighted by Crippen LogP contribution is 2.23. The second kappa shape index (κ2) is 5.52. The van der Waals surface area contributed by atoms with Crippen LogP contribution < -0.4 is 0 Å². The maximum absolute atomic E-state index is 11.7. The van der Waals surface area contributed by atoms with Crippen LogP contribution in [-0.2, 0) is 0 Å². The number of Topliss-reactive ketones (excluding diaryl/α,β-unsaturated/α-hetero) is 1. The Morgan fingerprint density at radius 3 is 2.79 bits per heavy atom. The van der Waals surface area contributed by atoms with Gasteiger partial charge in [-0.25, -0.2) is 0 Å². The molecule has 1 rings (SSSR count). The van der Waals surface area contributed by atoms with Gasteiger partial charge in [0.1, 0.15) is 0 Å². The molecule has 0 amide bonds. The summed E-state index contributed by atoms with van der Waals surface area (Å²) in [7, 11) is 0. The van der Waals surface area contributed by atoms with Crippen molar-refractivity contribution in [3.8, 4) is 0 Å². The summed E-state index contributed by atoms with van der Waals surface area (Å²) in [5, 5.41) is 0.643. The molecule has 0 unspecified atom stereocenters. The van der Waals surface area contributed by atoms with Gasteiger partial charge in [0.2, 0.25) is 0 Å². The fourth-order valence-corrected chi connectivity index (χ4v) is 2.09. The summed E-state index contributed by atoms with van der Waals surface area (Å²) in [6, 6.07) is 5.26. The molecule has 76 valence electrons. The molecule has 0 heterocycles. The van der Waals surface area contributed by atoms with Crippen LogP contribution in [-0.4, -0.2) is 5.78 Å². The Hall–Kier alpha value is -0.340. The molecule has 0 bridgehead atoms. The summed E-state index contributed by atoms with van der Waals surface area (Å²) < 4.78 is 0.783. The summed E-state index contributed by atoms with van der Waals surface area (Å²) in [5.74, 6) is 0.176. The first-order valence-corrected chi connectivity index (χ1v) is 5.80. The third-order valence-corrected chi connectivity index (χ3v) is 2.88. The first-order chi connectivity index (χ1) is 6.65. The number of hydrogen-bond donors (Lipinski definition) is 0. The van der Waals surface area contributed by atoms with Crippen molar-refractivity contribution in [2.24, 2.45) is 0 Å². The Morgan fingerprint density at radius 1 is 1.50 bits per heavy atom. The van der Waals surface area contributed by atoms with Crippen LogP contribution in [0.25, 0.3) is 0 Å². The van der Waals surface area contributed by atoms with Crippen LogP contribution in [0.5, 0.6) is 0 Å². The van der Waals surface area contributed by atoms with Gasteiger partial charge in [0.15, 0.2) is 5.78 Å². The average molecular weight is 276 g/mol. The smallest absolute Gasteiger partial charge is 0.164 e. The van der Waals surface area contributed by atoms with E-state index in [9.17, 15) is 4.79 Å². The van der Waals surface area contributed by atoms with Crippen molar-refractivity contribution < 1.29 is 4.79 Å². The minimum absolute atomic E-state index is 0.176. The average Bonchev–Trinajstić information content (AvgIpc) is 2.14. The van der Waals surface area contributed by atoms with Gasteiger partial charge in [-0.1, -0.05) is 24.9 Å². The lowest BCUT2D eigenvalue weighted by Gasteiger charge is -2.03. The second-order valence-electron chi connectivity index (χ2n) is 3.15. The molecule has 0 atom stereocenters. The van der Waals surface area contributed by atoms with Gasteiger partial charge in [-0.15, -0.1) is 0 Å². The van der Waals surface area contributed by atoms with Crippen molar-refractivity contribution in [1.82, 2.24) is 0 Å². The standard InChI is InChI=1S/C11H12BrClO/c1-2-3-4-11(14)9-6-5-8(13)7-10(9)12/h5-7H,2-4H2,1H3. The zero-order chi connectivity index (χ0) is 10.6. The lowest BCUT2D eigenvalue weighted by molar-refractivity contribution is 0.0979. The van der Waals surface area contributed by atoms with Gasteiger partial charge in [0.25, 0.3) is 0 Å². The van der Waals surface area contributed by atoms with Gasteiger partial charge >= 0.3 is 0 Å². The summed E-state index contributed by atoms with van der Waals surface area (Å²) >= 11 is 9.12. The third-order valence-electron chi connectivity index (χ3n) is 1.99. The highest BCUT2D eigenvalue weighted by molar-refractivity contribution is 9.10. The molecule has 0 saturated heterocycles. The summed E-state index contributed by atoms with van der Waals surface area (Å²) in [6.45, 7) is 2.07. The minimum atomic E-state index is 0.176. The predicted molar refractivity (Wildman–Crippen MR) is 63.0 cm³/mol. The van der Waals surface area contributed by atoms with E-state index in [-0.39, 0.29) is 5.78 Å². The number of hydrogen-bond acceptors (Lipinski definition) is 1. The zero-order valence-corrected chi connectivity index (χ0v) is 10.4. The molecule has 0 spiro atoms. The molecular formula is C11H12BrClO. The Bertz CT molecular complexity index is 336. The van der Waals surface area contributed by atoms with Crippen molar-refractivity contribution in [2.45, 2.75) is 26.2 Å². The van der Waals surface area contributed by atoms with E-state index < -0.39 is 0 Å². The lowest BCUT2D eigenvalue weighted by atomic mass is 10.1. The maximum Gasteiger partial charge on any atom is 0.164 e. The molecule has 1 aromatic carbocycles. The molecule has 3 heteroatoms. The lowest BCUT2D eigenvalue weighted by Crippen LogP contribution is -1.99. The first-order valence-electron chi connectivity index (χ1n) is 4.63. The van der Waals surface area contributed by atoms with Crippen molar-refractivity contribution in [3.05, 3.63) is 33.3 Å². The quantitative estimate of drug-likeness (QED) is 0.741. The van der Waals surface area contributed by atoms with Crippen LogP contribution in [0.3, 0.4) is 0 Å². The topological polar surface area (TPSA) is 17.1 Å². The number of ketones is 1.